The topological polar surface area (TPSA) is 92.5 Å². The molecule has 4 N–H and O–H groups in total. The lowest BCUT2D eigenvalue weighted by atomic mass is 10.0. The zero-order valence-electron chi connectivity index (χ0n) is 15.1. The van der Waals surface area contributed by atoms with E-state index in [0.29, 0.717) is 23.7 Å². The number of hydrogen-bond donors (Lipinski definition) is 3. The molecule has 2 heterocycles. The molecule has 0 aliphatic rings. The highest BCUT2D eigenvalue weighted by molar-refractivity contribution is 7.18. The van der Waals surface area contributed by atoms with Gasteiger partial charge in [0.05, 0.1) is 17.3 Å². The quantitative estimate of drug-likeness (QED) is 0.439. The Morgan fingerprint density at radius 3 is 2.83 bits per heavy atom. The van der Waals surface area contributed by atoms with Crippen LogP contribution in [0.15, 0.2) is 48.7 Å². The average Bonchev–Trinajstić information content (AvgIpc) is 3.34. The zero-order valence-corrected chi connectivity index (χ0v) is 15.9. The molecule has 0 fully saturated rings. The highest BCUT2D eigenvalue weighted by atomic mass is 32.1. The molecule has 2 aromatic heterocycles. The number of fused-ring (bicyclic) bond motifs is 1. The number of aromatic amines is 1. The van der Waals surface area contributed by atoms with Crippen molar-refractivity contribution in [2.24, 2.45) is 5.73 Å². The van der Waals surface area contributed by atoms with E-state index in [9.17, 15) is 13.2 Å². The molecular weight excluding hydrogens is 401 g/mol. The summed E-state index contributed by atoms with van der Waals surface area (Å²) in [5, 5.41) is 20.6. The van der Waals surface area contributed by atoms with Gasteiger partial charge in [-0.1, -0.05) is 29.5 Å². The first-order valence-electron chi connectivity index (χ1n) is 8.81. The third-order valence-electron chi connectivity index (χ3n) is 4.38. The van der Waals surface area contributed by atoms with Gasteiger partial charge in [-0.05, 0) is 36.2 Å². The van der Waals surface area contributed by atoms with Gasteiger partial charge in [-0.25, -0.2) is 0 Å². The number of nitrogens with one attached hydrogen (secondary N) is 2. The molecule has 4 aromatic rings. The van der Waals surface area contributed by atoms with Crippen molar-refractivity contribution in [3.05, 3.63) is 59.8 Å². The molecular formula is C19H17F3N6S. The molecule has 150 valence electrons. The molecule has 0 radical (unpaired) electrons. The van der Waals surface area contributed by atoms with Gasteiger partial charge in [-0.2, -0.15) is 18.3 Å². The Balaban J connectivity index is 1.37. The molecule has 10 heteroatoms. The van der Waals surface area contributed by atoms with E-state index >= 15 is 0 Å². The summed E-state index contributed by atoms with van der Waals surface area (Å²) in [6.45, 7) is 0.367. The van der Waals surface area contributed by atoms with Gasteiger partial charge in [0.15, 0.2) is 0 Å². The van der Waals surface area contributed by atoms with Crippen molar-refractivity contribution in [1.29, 1.82) is 0 Å². The summed E-state index contributed by atoms with van der Waals surface area (Å²) in [6.07, 6.45) is -2.30. The number of aromatic nitrogens is 4. The van der Waals surface area contributed by atoms with Crippen molar-refractivity contribution >= 4 is 27.4 Å². The fourth-order valence-electron chi connectivity index (χ4n) is 2.96. The Bertz CT molecular complexity index is 1120. The minimum absolute atomic E-state index is 0.319. The van der Waals surface area contributed by atoms with Crippen LogP contribution in [0, 0.1) is 0 Å². The lowest BCUT2D eigenvalue weighted by Crippen LogP contribution is -2.31. The number of benzene rings is 2. The SMILES string of the molecule is N[C@@H](CNc1nnc(-c2ccc3[nH]ncc3c2)s1)Cc1cccc(C(F)(F)F)c1. The van der Waals surface area contributed by atoms with Crippen molar-refractivity contribution in [3.8, 4) is 10.6 Å². The Hall–Kier alpha value is -2.98. The van der Waals surface area contributed by atoms with Crippen LogP contribution < -0.4 is 11.1 Å². The first-order chi connectivity index (χ1) is 13.9. The number of nitrogens with zero attached hydrogens (tertiary/aromatic N) is 3. The van der Waals surface area contributed by atoms with Gasteiger partial charge >= 0.3 is 6.18 Å². The van der Waals surface area contributed by atoms with Crippen LogP contribution in [0.4, 0.5) is 18.3 Å². The van der Waals surface area contributed by atoms with Crippen LogP contribution >= 0.6 is 11.3 Å². The smallest absolute Gasteiger partial charge is 0.359 e. The van der Waals surface area contributed by atoms with E-state index in [1.54, 1.807) is 12.3 Å². The summed E-state index contributed by atoms with van der Waals surface area (Å²) in [6, 6.07) is 10.7. The molecule has 4 rings (SSSR count). The average molecular weight is 418 g/mol. The van der Waals surface area contributed by atoms with E-state index in [-0.39, 0.29) is 6.04 Å². The van der Waals surface area contributed by atoms with Crippen molar-refractivity contribution in [3.63, 3.8) is 0 Å². The summed E-state index contributed by atoms with van der Waals surface area (Å²) >= 11 is 1.38. The molecule has 29 heavy (non-hydrogen) atoms. The maximum Gasteiger partial charge on any atom is 0.416 e. The maximum atomic E-state index is 12.8. The van der Waals surface area contributed by atoms with Crippen LogP contribution in [-0.2, 0) is 12.6 Å². The van der Waals surface area contributed by atoms with Gasteiger partial charge in [0.25, 0.3) is 0 Å². The lowest BCUT2D eigenvalue weighted by molar-refractivity contribution is -0.137. The predicted molar refractivity (Wildman–Crippen MR) is 107 cm³/mol. The second-order valence-electron chi connectivity index (χ2n) is 6.63. The molecule has 0 spiro atoms. The van der Waals surface area contributed by atoms with E-state index in [0.717, 1.165) is 33.6 Å². The molecule has 0 aliphatic heterocycles. The van der Waals surface area contributed by atoms with Crippen LogP contribution in [0.2, 0.25) is 0 Å². The van der Waals surface area contributed by atoms with Crippen molar-refractivity contribution in [2.75, 3.05) is 11.9 Å². The summed E-state index contributed by atoms with van der Waals surface area (Å²) in [7, 11) is 0. The fraction of sp³-hybridized carbons (Fsp3) is 0.211. The number of anilines is 1. The Morgan fingerprint density at radius 1 is 1.14 bits per heavy atom. The van der Waals surface area contributed by atoms with E-state index in [4.69, 9.17) is 5.73 Å². The molecule has 0 saturated heterocycles. The molecule has 1 atom stereocenters. The van der Waals surface area contributed by atoms with Crippen molar-refractivity contribution < 1.29 is 13.2 Å². The number of alkyl halides is 3. The first kappa shape index (κ1) is 19.3. The summed E-state index contributed by atoms with van der Waals surface area (Å²) < 4.78 is 38.5. The zero-order chi connectivity index (χ0) is 20.4. The molecule has 6 nitrogen and oxygen atoms in total. The van der Waals surface area contributed by atoms with Crippen molar-refractivity contribution in [1.82, 2.24) is 20.4 Å². The van der Waals surface area contributed by atoms with E-state index in [1.807, 2.05) is 18.2 Å². The highest BCUT2D eigenvalue weighted by Gasteiger charge is 2.30. The van der Waals surface area contributed by atoms with Crippen LogP contribution in [-0.4, -0.2) is 33.0 Å². The van der Waals surface area contributed by atoms with Gasteiger partial charge in [0.1, 0.15) is 5.01 Å². The molecule has 0 bridgehead atoms. The van der Waals surface area contributed by atoms with E-state index in [2.05, 4.69) is 25.7 Å². The third kappa shape index (κ3) is 4.54. The van der Waals surface area contributed by atoms with Crippen LogP contribution in [0.5, 0.6) is 0 Å². The monoisotopic (exact) mass is 418 g/mol. The molecule has 0 amide bonds. The Morgan fingerprint density at radius 2 is 2.00 bits per heavy atom. The van der Waals surface area contributed by atoms with Crippen LogP contribution in [0.3, 0.4) is 0 Å². The number of H-pyrrole nitrogens is 1. The molecule has 2 aromatic carbocycles. The minimum atomic E-state index is -4.36. The lowest BCUT2D eigenvalue weighted by Gasteiger charge is -2.13. The third-order valence-corrected chi connectivity index (χ3v) is 5.31. The van der Waals surface area contributed by atoms with Gasteiger partial charge in [0.2, 0.25) is 5.13 Å². The molecule has 0 aliphatic carbocycles. The largest absolute Gasteiger partial charge is 0.416 e. The highest BCUT2D eigenvalue weighted by Crippen LogP contribution is 2.30. The van der Waals surface area contributed by atoms with Crippen LogP contribution in [0.1, 0.15) is 11.1 Å². The Labute approximate surface area is 168 Å². The standard InChI is InChI=1S/C19H17F3N6S/c20-19(21,22)14-3-1-2-11(6-14)7-15(23)10-24-18-28-27-17(29-18)12-4-5-16-13(8-12)9-25-26-16/h1-6,8-9,15H,7,10,23H2,(H,24,28)(H,25,26)/t15-/m1/s1. The number of rotatable bonds is 6. The van der Waals surface area contributed by atoms with E-state index < -0.39 is 11.7 Å². The van der Waals surface area contributed by atoms with Crippen LogP contribution in [0.25, 0.3) is 21.5 Å². The van der Waals surface area contributed by atoms with E-state index in [1.165, 1.54) is 17.4 Å². The normalized spacial score (nSPS) is 13.0. The van der Waals surface area contributed by atoms with Crippen molar-refractivity contribution in [2.45, 2.75) is 18.6 Å². The summed E-state index contributed by atoms with van der Waals surface area (Å²) in [5.41, 5.74) is 7.83. The van der Waals surface area contributed by atoms with Gasteiger partial charge in [-0.3, -0.25) is 5.10 Å². The Kier molecular flexibility index (Phi) is 5.20. The summed E-state index contributed by atoms with van der Waals surface area (Å²) in [4.78, 5) is 0. The number of nitrogens with two attached hydrogens (primary N) is 1. The number of halogens is 3. The second-order valence-corrected chi connectivity index (χ2v) is 7.61. The van der Waals surface area contributed by atoms with Gasteiger partial charge in [0, 0.05) is 23.5 Å². The fourth-order valence-corrected chi connectivity index (χ4v) is 3.70. The first-order valence-corrected chi connectivity index (χ1v) is 9.63. The maximum absolute atomic E-state index is 12.8. The minimum Gasteiger partial charge on any atom is -0.359 e. The predicted octanol–water partition coefficient (Wildman–Crippen LogP) is 4.08. The summed E-state index contributed by atoms with van der Waals surface area (Å²) in [5.74, 6) is 0. The molecule has 0 unspecified atom stereocenters. The molecule has 0 saturated carbocycles. The number of hydrogen-bond acceptors (Lipinski definition) is 6. The second kappa shape index (κ2) is 7.80. The van der Waals surface area contributed by atoms with Gasteiger partial charge in [-0.15, -0.1) is 10.2 Å². The van der Waals surface area contributed by atoms with Gasteiger partial charge < -0.3 is 11.1 Å².